The van der Waals surface area contributed by atoms with Gasteiger partial charge in [-0.25, -0.2) is 4.68 Å². The Morgan fingerprint density at radius 2 is 1.84 bits per heavy atom. The third-order valence-electron chi connectivity index (χ3n) is 4.80. The Bertz CT molecular complexity index is 728. The number of methoxy groups -OCH3 is 1. The predicted molar refractivity (Wildman–Crippen MR) is 96.7 cm³/mol. The van der Waals surface area contributed by atoms with Crippen LogP contribution in [0.2, 0.25) is 0 Å². The molecule has 1 saturated heterocycles. The molecular formula is C19H27N4O2+. The molecule has 25 heavy (non-hydrogen) atoms. The number of likely N-dealkylation sites (N-methyl/N-ethyl adjacent to an activating group) is 1. The monoisotopic (exact) mass is 343 g/mol. The molecule has 0 aliphatic carbocycles. The van der Waals surface area contributed by atoms with E-state index in [1.165, 1.54) is 4.90 Å². The molecule has 0 radical (unpaired) electrons. The summed E-state index contributed by atoms with van der Waals surface area (Å²) in [6, 6.07) is 7.74. The number of hydrogen-bond acceptors (Lipinski definition) is 3. The minimum atomic E-state index is 0.0935. The normalized spacial score (nSPS) is 15.6. The molecule has 6 heteroatoms. The number of carbonyl (C=O) groups excluding carboxylic acids is 1. The number of aromatic nitrogens is 2. The lowest BCUT2D eigenvalue weighted by molar-refractivity contribution is -0.883. The van der Waals surface area contributed by atoms with Gasteiger partial charge in [0.1, 0.15) is 5.75 Å². The van der Waals surface area contributed by atoms with Crippen molar-refractivity contribution < 1.29 is 14.4 Å². The van der Waals surface area contributed by atoms with Gasteiger partial charge in [-0.3, -0.25) is 4.79 Å². The average Bonchev–Trinajstić information content (AvgIpc) is 3.07. The predicted octanol–water partition coefficient (Wildman–Crippen LogP) is 0.975. The molecule has 6 nitrogen and oxygen atoms in total. The molecule has 134 valence electrons. The van der Waals surface area contributed by atoms with E-state index in [1.807, 2.05) is 33.8 Å². The number of benzene rings is 1. The molecule has 1 fully saturated rings. The molecular weight excluding hydrogens is 316 g/mol. The van der Waals surface area contributed by atoms with E-state index in [1.54, 1.807) is 13.3 Å². The fraction of sp³-hybridized carbons (Fsp3) is 0.474. The van der Waals surface area contributed by atoms with Gasteiger partial charge in [0, 0.05) is 0 Å². The number of hydrogen-bond donors (Lipinski definition) is 1. The molecule has 0 spiro atoms. The quantitative estimate of drug-likeness (QED) is 0.900. The Balaban J connectivity index is 1.92. The Morgan fingerprint density at radius 1 is 1.20 bits per heavy atom. The van der Waals surface area contributed by atoms with Crippen LogP contribution >= 0.6 is 0 Å². The molecule has 3 rings (SSSR count). The molecule has 1 N–H and O–H groups in total. The number of rotatable bonds is 4. The largest absolute Gasteiger partial charge is 0.497 e. The van der Waals surface area contributed by atoms with Gasteiger partial charge >= 0.3 is 0 Å². The lowest BCUT2D eigenvalue weighted by atomic mass is 10.0. The van der Waals surface area contributed by atoms with Crippen LogP contribution in [0.4, 0.5) is 0 Å². The summed E-state index contributed by atoms with van der Waals surface area (Å²) in [5, 5.41) is 4.52. The van der Waals surface area contributed by atoms with Crippen LogP contribution in [0, 0.1) is 0 Å². The van der Waals surface area contributed by atoms with Crippen LogP contribution in [-0.2, 0) is 0 Å². The lowest BCUT2D eigenvalue weighted by Crippen LogP contribution is -3.12. The fourth-order valence-electron chi connectivity index (χ4n) is 3.27. The van der Waals surface area contributed by atoms with Crippen LogP contribution in [0.5, 0.6) is 5.75 Å². The summed E-state index contributed by atoms with van der Waals surface area (Å²) in [4.78, 5) is 16.4. The second kappa shape index (κ2) is 7.27. The molecule has 0 bridgehead atoms. The van der Waals surface area contributed by atoms with Crippen LogP contribution in [0.1, 0.15) is 35.8 Å². The fourth-order valence-corrected chi connectivity index (χ4v) is 3.27. The highest BCUT2D eigenvalue weighted by molar-refractivity contribution is 5.95. The number of amides is 1. The van der Waals surface area contributed by atoms with Gasteiger partial charge in [0.05, 0.1) is 63.5 Å². The first-order valence-electron chi connectivity index (χ1n) is 8.84. The SMILES string of the molecule is COc1ccc(-n2ncc(C(=O)N3CC[NH+](C)CC3)c2C(C)C)cc1. The maximum Gasteiger partial charge on any atom is 0.257 e. The average molecular weight is 343 g/mol. The van der Waals surface area contributed by atoms with E-state index < -0.39 is 0 Å². The van der Waals surface area contributed by atoms with Gasteiger partial charge in [-0.05, 0) is 30.2 Å². The van der Waals surface area contributed by atoms with Crippen LogP contribution in [0.3, 0.4) is 0 Å². The van der Waals surface area contributed by atoms with E-state index in [2.05, 4.69) is 26.0 Å². The Hall–Kier alpha value is -2.34. The summed E-state index contributed by atoms with van der Waals surface area (Å²) in [5.41, 5.74) is 2.61. The van der Waals surface area contributed by atoms with Gasteiger partial charge in [0.15, 0.2) is 0 Å². The molecule has 1 aromatic heterocycles. The number of piperazine rings is 1. The van der Waals surface area contributed by atoms with Gasteiger partial charge in [0.2, 0.25) is 0 Å². The minimum Gasteiger partial charge on any atom is -0.497 e. The molecule has 0 atom stereocenters. The van der Waals surface area contributed by atoms with Crippen LogP contribution in [-0.4, -0.2) is 60.9 Å². The highest BCUT2D eigenvalue weighted by atomic mass is 16.5. The summed E-state index contributed by atoms with van der Waals surface area (Å²) in [6.07, 6.45) is 1.72. The third kappa shape index (κ3) is 3.54. The van der Waals surface area contributed by atoms with Gasteiger partial charge in [0.25, 0.3) is 5.91 Å². The van der Waals surface area contributed by atoms with E-state index in [0.717, 1.165) is 43.3 Å². The first-order valence-corrected chi connectivity index (χ1v) is 8.84. The molecule has 2 heterocycles. The summed E-state index contributed by atoms with van der Waals surface area (Å²) in [5.74, 6) is 1.09. The van der Waals surface area contributed by atoms with E-state index in [4.69, 9.17) is 4.74 Å². The molecule has 2 aromatic rings. The standard InChI is InChI=1S/C19H26N4O2/c1-14(2)18-17(19(24)22-11-9-21(3)10-12-22)13-20-23(18)15-5-7-16(25-4)8-6-15/h5-8,13-14H,9-12H2,1-4H3/p+1. The maximum atomic E-state index is 13.0. The zero-order valence-electron chi connectivity index (χ0n) is 15.5. The second-order valence-corrected chi connectivity index (χ2v) is 6.96. The Labute approximate surface area is 149 Å². The highest BCUT2D eigenvalue weighted by Gasteiger charge is 2.27. The Morgan fingerprint density at radius 3 is 2.40 bits per heavy atom. The lowest BCUT2D eigenvalue weighted by Gasteiger charge is -2.30. The minimum absolute atomic E-state index is 0.0935. The molecule has 1 amide bonds. The van der Waals surface area contributed by atoms with Crippen molar-refractivity contribution in [1.82, 2.24) is 14.7 Å². The van der Waals surface area contributed by atoms with Crippen molar-refractivity contribution in [3.63, 3.8) is 0 Å². The van der Waals surface area contributed by atoms with Gasteiger partial charge in [-0.1, -0.05) is 13.8 Å². The third-order valence-corrected chi connectivity index (χ3v) is 4.80. The van der Waals surface area contributed by atoms with E-state index in [-0.39, 0.29) is 11.8 Å². The summed E-state index contributed by atoms with van der Waals surface area (Å²) in [6.45, 7) is 7.79. The van der Waals surface area contributed by atoms with Crippen molar-refractivity contribution in [1.29, 1.82) is 0 Å². The zero-order valence-corrected chi connectivity index (χ0v) is 15.5. The molecule has 1 aliphatic rings. The van der Waals surface area contributed by atoms with E-state index >= 15 is 0 Å². The van der Waals surface area contributed by atoms with Crippen LogP contribution in [0.25, 0.3) is 5.69 Å². The van der Waals surface area contributed by atoms with Crippen LogP contribution < -0.4 is 9.64 Å². The first kappa shape index (κ1) is 17.5. The number of quaternary nitrogens is 1. The van der Waals surface area contributed by atoms with Gasteiger partial charge in [-0.2, -0.15) is 5.10 Å². The van der Waals surface area contributed by atoms with Crippen molar-refractivity contribution in [2.24, 2.45) is 0 Å². The van der Waals surface area contributed by atoms with Crippen molar-refractivity contribution >= 4 is 5.91 Å². The van der Waals surface area contributed by atoms with Crippen molar-refractivity contribution in [2.75, 3.05) is 40.3 Å². The molecule has 1 aliphatic heterocycles. The van der Waals surface area contributed by atoms with Crippen molar-refractivity contribution in [3.8, 4) is 11.4 Å². The van der Waals surface area contributed by atoms with E-state index in [9.17, 15) is 4.79 Å². The van der Waals surface area contributed by atoms with Gasteiger partial charge < -0.3 is 14.5 Å². The maximum absolute atomic E-state index is 13.0. The van der Waals surface area contributed by atoms with E-state index in [0.29, 0.717) is 5.56 Å². The summed E-state index contributed by atoms with van der Waals surface area (Å²) >= 11 is 0. The number of nitrogens with zero attached hydrogens (tertiary/aromatic N) is 3. The topological polar surface area (TPSA) is 51.8 Å². The van der Waals surface area contributed by atoms with Crippen molar-refractivity contribution in [3.05, 3.63) is 41.7 Å². The molecule has 0 unspecified atom stereocenters. The summed E-state index contributed by atoms with van der Waals surface area (Å²) < 4.78 is 7.10. The second-order valence-electron chi connectivity index (χ2n) is 6.96. The molecule has 1 aromatic carbocycles. The zero-order chi connectivity index (χ0) is 18.0. The Kier molecular flexibility index (Phi) is 5.08. The summed E-state index contributed by atoms with van der Waals surface area (Å²) in [7, 11) is 3.82. The molecule has 0 saturated carbocycles. The highest BCUT2D eigenvalue weighted by Crippen LogP contribution is 2.25. The first-order chi connectivity index (χ1) is 12.0. The number of nitrogens with one attached hydrogen (secondary N) is 1. The van der Waals surface area contributed by atoms with Crippen molar-refractivity contribution in [2.45, 2.75) is 19.8 Å². The number of carbonyl (C=O) groups is 1. The number of ether oxygens (including phenoxy) is 1. The van der Waals surface area contributed by atoms with Gasteiger partial charge in [-0.15, -0.1) is 0 Å². The van der Waals surface area contributed by atoms with Crippen LogP contribution in [0.15, 0.2) is 30.5 Å². The smallest absolute Gasteiger partial charge is 0.257 e.